The van der Waals surface area contributed by atoms with Gasteiger partial charge in [-0.25, -0.2) is 0 Å². The smallest absolute Gasteiger partial charge is 0.265 e. The fraction of sp³-hybridized carbons (Fsp3) is 0.130. The molecule has 8 nitrogen and oxygen atoms in total. The van der Waals surface area contributed by atoms with Gasteiger partial charge in [0.1, 0.15) is 9.79 Å². The second kappa shape index (κ2) is 10.9. The number of hydrogen-bond donors (Lipinski definition) is 0. The molecular weight excluding hydrogens is 464 g/mol. The molecule has 0 saturated carbocycles. The van der Waals surface area contributed by atoms with Crippen LogP contribution >= 0.6 is 0 Å². The molecule has 33 heavy (non-hydrogen) atoms. The van der Waals surface area contributed by atoms with Gasteiger partial charge in [0.2, 0.25) is 0 Å². The molecule has 0 heterocycles. The molecule has 0 saturated heterocycles. The van der Waals surface area contributed by atoms with Gasteiger partial charge in [-0.05, 0) is 36.2 Å². The van der Waals surface area contributed by atoms with Gasteiger partial charge in [-0.15, -0.1) is 0 Å². The van der Waals surface area contributed by atoms with Gasteiger partial charge in [0.25, 0.3) is 0 Å². The van der Waals surface area contributed by atoms with E-state index in [9.17, 15) is 16.8 Å². The summed E-state index contributed by atoms with van der Waals surface area (Å²) >= 11 is 0. The highest BCUT2D eigenvalue weighted by atomic mass is 32.2. The summed E-state index contributed by atoms with van der Waals surface area (Å²) in [6.07, 6.45) is 0.344. The van der Waals surface area contributed by atoms with E-state index in [2.05, 4.69) is 10.3 Å². The highest BCUT2D eigenvalue weighted by Gasteiger charge is 2.18. The van der Waals surface area contributed by atoms with Gasteiger partial charge in [-0.3, -0.25) is 8.57 Å². The summed E-state index contributed by atoms with van der Waals surface area (Å²) in [5.41, 5.74) is 1.17. The van der Waals surface area contributed by atoms with Crippen molar-refractivity contribution in [1.29, 1.82) is 0 Å². The molecule has 0 unspecified atom stereocenters. The Bertz CT molecular complexity index is 1320. The van der Waals surface area contributed by atoms with E-state index in [1.165, 1.54) is 24.3 Å². The molecule has 0 aromatic heterocycles. The Kier molecular flexibility index (Phi) is 7.96. The summed E-state index contributed by atoms with van der Waals surface area (Å²) in [6.45, 7) is 1.77. The molecule has 3 aromatic rings. The predicted octanol–water partition coefficient (Wildman–Crippen LogP) is 4.36. The lowest BCUT2D eigenvalue weighted by molar-refractivity contribution is 0.336. The van der Waals surface area contributed by atoms with Gasteiger partial charge < -0.3 is 0 Å². The Morgan fingerprint density at radius 1 is 0.667 bits per heavy atom. The third-order valence-electron chi connectivity index (χ3n) is 4.46. The topological polar surface area (TPSA) is 111 Å². The van der Waals surface area contributed by atoms with Gasteiger partial charge >= 0.3 is 20.2 Å². The van der Waals surface area contributed by atoms with Crippen LogP contribution in [-0.2, 0) is 28.8 Å². The Hall–Kier alpha value is -3.50. The van der Waals surface area contributed by atoms with Crippen LogP contribution in [0.25, 0.3) is 0 Å². The van der Waals surface area contributed by atoms with Crippen LogP contribution < -0.4 is 0 Å². The molecule has 0 N–H and O–H groups in total. The third-order valence-corrected chi connectivity index (χ3v) is 6.70. The summed E-state index contributed by atoms with van der Waals surface area (Å²) < 4.78 is 59.5. The van der Waals surface area contributed by atoms with E-state index in [-0.39, 0.29) is 21.9 Å². The van der Waals surface area contributed by atoms with Crippen molar-refractivity contribution in [3.05, 3.63) is 96.6 Å². The number of benzene rings is 3. The Balaban J connectivity index is 1.86. The first-order chi connectivity index (χ1) is 15.8. The number of oxime groups is 2. The van der Waals surface area contributed by atoms with Crippen molar-refractivity contribution in [2.75, 3.05) is 0 Å². The van der Waals surface area contributed by atoms with E-state index >= 15 is 0 Å². The lowest BCUT2D eigenvalue weighted by Crippen LogP contribution is -2.13. The number of nitrogens with zero attached hydrogens (tertiary/aromatic N) is 2. The molecule has 0 aliphatic carbocycles. The van der Waals surface area contributed by atoms with Gasteiger partial charge in [-0.2, -0.15) is 16.8 Å². The number of hydrogen-bond acceptors (Lipinski definition) is 8. The van der Waals surface area contributed by atoms with Gasteiger partial charge in [-0.1, -0.05) is 84.0 Å². The molecule has 0 radical (unpaired) electrons. The Morgan fingerprint density at radius 3 is 1.55 bits per heavy atom. The second-order valence-electron chi connectivity index (χ2n) is 6.78. The fourth-order valence-electron chi connectivity index (χ4n) is 2.69. The van der Waals surface area contributed by atoms with E-state index in [1.807, 2.05) is 0 Å². The molecule has 0 amide bonds. The van der Waals surface area contributed by atoms with Crippen molar-refractivity contribution in [2.24, 2.45) is 10.3 Å². The van der Waals surface area contributed by atoms with Gasteiger partial charge in [0, 0.05) is 6.42 Å². The summed E-state index contributed by atoms with van der Waals surface area (Å²) in [5.74, 6) is 0. The highest BCUT2D eigenvalue weighted by Crippen LogP contribution is 2.16. The summed E-state index contributed by atoms with van der Waals surface area (Å²) in [7, 11) is -8.22. The first kappa shape index (κ1) is 24.1. The Labute approximate surface area is 193 Å². The molecular formula is C23H22N2O6S2. The lowest BCUT2D eigenvalue weighted by atomic mass is 10.0. The molecule has 3 aromatic carbocycles. The molecule has 0 spiro atoms. The zero-order valence-corrected chi connectivity index (χ0v) is 19.4. The van der Waals surface area contributed by atoms with Crippen LogP contribution in [0.15, 0.2) is 111 Å². The Morgan fingerprint density at radius 2 is 1.09 bits per heavy atom. The molecule has 0 atom stereocenters. The third kappa shape index (κ3) is 6.74. The molecule has 0 bridgehead atoms. The molecule has 10 heteroatoms. The summed E-state index contributed by atoms with van der Waals surface area (Å²) in [6, 6.07) is 24.0. The SMILES string of the molecule is CC/C(C/C(=N\OS(=O)(=O)c1ccccc1)c1ccccc1)=N\OS(=O)(=O)c1ccccc1. The lowest BCUT2D eigenvalue weighted by Gasteiger charge is -2.09. The minimum Gasteiger partial charge on any atom is -0.265 e. The van der Waals surface area contributed by atoms with E-state index < -0.39 is 20.2 Å². The quantitative estimate of drug-likeness (QED) is 0.311. The van der Waals surface area contributed by atoms with Crippen molar-refractivity contribution in [1.82, 2.24) is 0 Å². The largest absolute Gasteiger partial charge is 0.358 e. The van der Waals surface area contributed by atoms with Gasteiger partial charge in [0.05, 0.1) is 11.4 Å². The van der Waals surface area contributed by atoms with E-state index in [0.717, 1.165) is 0 Å². The van der Waals surface area contributed by atoms with Crippen molar-refractivity contribution in [2.45, 2.75) is 29.6 Å². The van der Waals surface area contributed by atoms with Crippen molar-refractivity contribution >= 4 is 31.7 Å². The average molecular weight is 487 g/mol. The van der Waals surface area contributed by atoms with Crippen molar-refractivity contribution < 1.29 is 25.4 Å². The molecule has 172 valence electrons. The first-order valence-corrected chi connectivity index (χ1v) is 12.8. The molecule has 0 fully saturated rings. The molecule has 0 aliphatic heterocycles. The maximum atomic E-state index is 12.5. The van der Waals surface area contributed by atoms with Crippen LogP contribution in [0.4, 0.5) is 0 Å². The first-order valence-electron chi connectivity index (χ1n) is 9.97. The average Bonchev–Trinajstić information content (AvgIpc) is 2.85. The minimum absolute atomic E-state index is 0.00906. The van der Waals surface area contributed by atoms with Gasteiger partial charge in [0.15, 0.2) is 0 Å². The van der Waals surface area contributed by atoms with Crippen LogP contribution in [0.3, 0.4) is 0 Å². The van der Waals surface area contributed by atoms with E-state index in [0.29, 0.717) is 17.7 Å². The zero-order valence-electron chi connectivity index (χ0n) is 17.7. The molecule has 0 aliphatic rings. The second-order valence-corrected chi connectivity index (χ2v) is 9.83. The van der Waals surface area contributed by atoms with Crippen LogP contribution in [0, 0.1) is 0 Å². The minimum atomic E-state index is -4.13. The van der Waals surface area contributed by atoms with Crippen LogP contribution in [0.1, 0.15) is 25.3 Å². The standard InChI is InChI=1S/C23H22N2O6S2/c1-2-20(24-30-32(26,27)21-14-8-4-9-15-21)18-23(19-12-6-3-7-13-19)25-31-33(28,29)22-16-10-5-11-17-22/h3-17H,2,18H2,1H3/b24-20+,25-23+. The maximum absolute atomic E-state index is 12.5. The van der Waals surface area contributed by atoms with Crippen molar-refractivity contribution in [3.8, 4) is 0 Å². The highest BCUT2D eigenvalue weighted by molar-refractivity contribution is 7.87. The normalized spacial score (nSPS) is 12.9. The summed E-state index contributed by atoms with van der Waals surface area (Å²) in [4.78, 5) is -0.0683. The molecule has 3 rings (SSSR count). The fourth-order valence-corrected chi connectivity index (χ4v) is 4.23. The van der Waals surface area contributed by atoms with Crippen LogP contribution in [-0.4, -0.2) is 28.3 Å². The van der Waals surface area contributed by atoms with E-state index in [4.69, 9.17) is 8.57 Å². The zero-order chi connectivity index (χ0) is 23.7. The number of rotatable bonds is 10. The van der Waals surface area contributed by atoms with Crippen molar-refractivity contribution in [3.63, 3.8) is 0 Å². The van der Waals surface area contributed by atoms with Crippen LogP contribution in [0.5, 0.6) is 0 Å². The monoisotopic (exact) mass is 486 g/mol. The van der Waals surface area contributed by atoms with E-state index in [1.54, 1.807) is 73.7 Å². The van der Waals surface area contributed by atoms with Crippen LogP contribution in [0.2, 0.25) is 0 Å². The summed E-state index contributed by atoms with van der Waals surface area (Å²) in [5, 5.41) is 7.68. The predicted molar refractivity (Wildman–Crippen MR) is 125 cm³/mol. The maximum Gasteiger partial charge on any atom is 0.358 e.